The molecule has 232 valence electrons. The lowest BCUT2D eigenvalue weighted by molar-refractivity contribution is -0.137. The van der Waals surface area contributed by atoms with Crippen LogP contribution in [-0.4, -0.2) is 51.3 Å². The molecule has 14 heteroatoms. The van der Waals surface area contributed by atoms with Crippen LogP contribution in [0.4, 0.5) is 19.0 Å². The molecule has 0 radical (unpaired) electrons. The van der Waals surface area contributed by atoms with Crippen LogP contribution in [0.1, 0.15) is 38.3 Å². The number of nitrogens with one attached hydrogen (secondary N) is 1. The summed E-state index contributed by atoms with van der Waals surface area (Å²) >= 11 is 2.68. The number of aromatic nitrogens is 2. The van der Waals surface area contributed by atoms with Gasteiger partial charge in [-0.25, -0.2) is 4.79 Å². The molecule has 3 aromatic rings. The zero-order valence-electron chi connectivity index (χ0n) is 24.3. The average Bonchev–Trinajstić information content (AvgIpc) is 3.32. The zero-order chi connectivity index (χ0) is 31.5. The summed E-state index contributed by atoms with van der Waals surface area (Å²) in [5.41, 5.74) is 7.49. The first-order valence-corrected chi connectivity index (χ1v) is 15.7. The lowest BCUT2D eigenvalue weighted by Crippen LogP contribution is -2.58. The number of thiophene rings is 1. The van der Waals surface area contributed by atoms with Crippen LogP contribution in [0.5, 0.6) is 0 Å². The molecule has 1 fully saturated rings. The number of benzene rings is 1. The number of carbonyl (C=O) groups is 1. The molecule has 2 aliphatic rings. The predicted octanol–water partition coefficient (Wildman–Crippen LogP) is 4.69. The van der Waals surface area contributed by atoms with Gasteiger partial charge in [-0.05, 0) is 61.6 Å². The topological polar surface area (TPSA) is 123 Å². The number of thioether (sulfide) groups is 1. The van der Waals surface area contributed by atoms with Crippen molar-refractivity contribution in [2.45, 2.75) is 63.3 Å². The van der Waals surface area contributed by atoms with Gasteiger partial charge in [0.15, 0.2) is 0 Å². The molecule has 1 aromatic carbocycles. The minimum absolute atomic E-state index is 0.148. The van der Waals surface area contributed by atoms with E-state index in [2.05, 4.69) is 17.0 Å². The molecule has 5 rings (SSSR count). The fourth-order valence-corrected chi connectivity index (χ4v) is 7.96. The smallest absolute Gasteiger partial charge is 0.403 e. The van der Waals surface area contributed by atoms with E-state index in [0.29, 0.717) is 52.5 Å². The molecule has 2 aromatic heterocycles. The molecule has 5 N–H and O–H groups in total. The Balaban J connectivity index is 0.000000782. The number of halogens is 3. The van der Waals surface area contributed by atoms with Gasteiger partial charge in [0.2, 0.25) is 5.91 Å². The van der Waals surface area contributed by atoms with Gasteiger partial charge in [-0.15, -0.1) is 23.1 Å². The molecule has 0 spiro atoms. The normalized spacial score (nSPS) is 18.8. The summed E-state index contributed by atoms with van der Waals surface area (Å²) in [6.45, 7) is 10.4. The van der Waals surface area contributed by atoms with Crippen LogP contribution in [-0.2, 0) is 23.9 Å². The molecule has 43 heavy (non-hydrogen) atoms. The third-order valence-electron chi connectivity index (χ3n) is 7.42. The Bertz CT molecular complexity index is 1570. The zero-order valence-corrected chi connectivity index (χ0v) is 25.9. The highest BCUT2D eigenvalue weighted by molar-refractivity contribution is 7.99. The van der Waals surface area contributed by atoms with Crippen molar-refractivity contribution in [3.05, 3.63) is 64.2 Å². The maximum absolute atomic E-state index is 14.7. The van der Waals surface area contributed by atoms with Crippen molar-refractivity contribution in [1.29, 1.82) is 0 Å². The fourth-order valence-electron chi connectivity index (χ4n) is 5.63. The first-order valence-electron chi connectivity index (χ1n) is 13.9. The molecular formula is C29H36F3N7O2S2. The van der Waals surface area contributed by atoms with Crippen LogP contribution >= 0.6 is 23.1 Å². The highest BCUT2D eigenvalue weighted by Gasteiger charge is 2.39. The lowest BCUT2D eigenvalue weighted by Gasteiger charge is -2.44. The van der Waals surface area contributed by atoms with Gasteiger partial charge < -0.3 is 21.0 Å². The van der Waals surface area contributed by atoms with Gasteiger partial charge in [0.1, 0.15) is 5.82 Å². The summed E-state index contributed by atoms with van der Waals surface area (Å²) in [6, 6.07) is 2.52. The number of alkyl halides is 3. The van der Waals surface area contributed by atoms with E-state index < -0.39 is 17.4 Å². The van der Waals surface area contributed by atoms with Gasteiger partial charge >= 0.3 is 11.9 Å². The highest BCUT2D eigenvalue weighted by Crippen LogP contribution is 2.49. The van der Waals surface area contributed by atoms with E-state index >= 15 is 0 Å². The number of carbonyl (C=O) groups excluding carboxylic acids is 1. The van der Waals surface area contributed by atoms with Crippen LogP contribution in [0.25, 0.3) is 21.3 Å². The molecule has 2 unspecified atom stereocenters. The second-order valence-corrected chi connectivity index (χ2v) is 12.4. The third-order valence-corrected chi connectivity index (χ3v) is 9.60. The number of nitrogens with zero attached hydrogens (tertiary/aromatic N) is 4. The molecular weight excluding hydrogens is 599 g/mol. The van der Waals surface area contributed by atoms with Gasteiger partial charge in [0.25, 0.3) is 0 Å². The quantitative estimate of drug-likeness (QED) is 0.210. The first-order chi connectivity index (χ1) is 20.5. The Morgan fingerprint density at radius 3 is 2.49 bits per heavy atom. The summed E-state index contributed by atoms with van der Waals surface area (Å²) in [7, 11) is 0. The summed E-state index contributed by atoms with van der Waals surface area (Å²) in [6.07, 6.45) is 0.792. The van der Waals surface area contributed by atoms with Crippen LogP contribution < -0.4 is 27.6 Å². The van der Waals surface area contributed by atoms with E-state index in [1.807, 2.05) is 37.1 Å². The molecule has 0 saturated carbocycles. The average molecular weight is 636 g/mol. The second kappa shape index (κ2) is 13.4. The summed E-state index contributed by atoms with van der Waals surface area (Å²) in [4.78, 5) is 34.7. The van der Waals surface area contributed by atoms with Crippen molar-refractivity contribution >= 4 is 45.7 Å². The Hall–Kier alpha value is -3.49. The molecule has 0 aliphatic carbocycles. The van der Waals surface area contributed by atoms with Crippen molar-refractivity contribution < 1.29 is 18.0 Å². The number of anilines is 1. The Labute approximate surface area is 256 Å². The first kappa shape index (κ1) is 32.4. The monoisotopic (exact) mass is 635 g/mol. The van der Waals surface area contributed by atoms with Crippen molar-refractivity contribution in [3.8, 4) is 10.4 Å². The Morgan fingerprint density at radius 1 is 1.26 bits per heavy atom. The van der Waals surface area contributed by atoms with Crippen molar-refractivity contribution in [3.63, 3.8) is 0 Å². The molecule has 2 aliphatic heterocycles. The Kier molecular flexibility index (Phi) is 10.1. The number of hydrazine groups is 1. The highest BCUT2D eigenvalue weighted by atomic mass is 32.2. The van der Waals surface area contributed by atoms with Gasteiger partial charge in [-0.3, -0.25) is 15.2 Å². The van der Waals surface area contributed by atoms with Gasteiger partial charge in [-0.2, -0.15) is 18.2 Å². The van der Waals surface area contributed by atoms with Crippen LogP contribution in [0.2, 0.25) is 0 Å². The van der Waals surface area contributed by atoms with Crippen molar-refractivity contribution in [1.82, 2.24) is 19.9 Å². The van der Waals surface area contributed by atoms with Gasteiger partial charge in [0, 0.05) is 64.8 Å². The van der Waals surface area contributed by atoms with E-state index in [-0.39, 0.29) is 29.4 Å². The minimum atomic E-state index is -4.60. The summed E-state index contributed by atoms with van der Waals surface area (Å²) in [5, 5.41) is 2.21. The number of piperazine rings is 1. The molecule has 1 amide bonds. The molecule has 2 atom stereocenters. The fraction of sp³-hybridized carbons (Fsp3) is 0.414. The SMILES string of the molecule is C=CC(=O)N1C(C)CN(c2nc(=O)n3c4c(c(-c5cc(CC)cs5)c(C(F)(F)F)cc24)SCCC3)CC1C.N/C=C\NN. The number of amides is 1. The van der Waals surface area contributed by atoms with Crippen LogP contribution in [0.3, 0.4) is 0 Å². The van der Waals surface area contributed by atoms with E-state index in [1.54, 1.807) is 4.90 Å². The van der Waals surface area contributed by atoms with Crippen molar-refractivity contribution in [2.24, 2.45) is 11.6 Å². The number of nitrogens with two attached hydrogens (primary N) is 2. The second-order valence-electron chi connectivity index (χ2n) is 10.3. The molecule has 4 heterocycles. The molecule has 0 bridgehead atoms. The third kappa shape index (κ3) is 6.55. The molecule has 1 saturated heterocycles. The number of hydrogen-bond acceptors (Lipinski definition) is 9. The summed E-state index contributed by atoms with van der Waals surface area (Å²) in [5.74, 6) is 5.36. The summed E-state index contributed by atoms with van der Waals surface area (Å²) < 4.78 is 45.6. The van der Waals surface area contributed by atoms with E-state index in [1.165, 1.54) is 52.2 Å². The van der Waals surface area contributed by atoms with E-state index in [0.717, 1.165) is 12.0 Å². The number of hydrogen-bond donors (Lipinski definition) is 3. The predicted molar refractivity (Wildman–Crippen MR) is 168 cm³/mol. The van der Waals surface area contributed by atoms with Crippen LogP contribution in [0, 0.1) is 0 Å². The number of rotatable bonds is 5. The standard InChI is InChI=1S/C27H29F3N4O2S2.C2H7N3/c1-5-17-10-20(38-14-17)22-19(27(28,29)30)11-18-23-24(22)37-9-7-8-33(23)26(36)31-25(18)32-12-15(3)34(16(4)13-32)21(35)6-2;3-1-2-5-4/h6,10-11,14-16H,2,5,7-9,12-13H2,1,3-4H3;1-2,5H,3-4H2/b;2-1-. The Morgan fingerprint density at radius 2 is 1.95 bits per heavy atom. The minimum Gasteiger partial charge on any atom is -0.403 e. The number of aryl methyl sites for hydroxylation is 2. The molecule has 9 nitrogen and oxygen atoms in total. The van der Waals surface area contributed by atoms with E-state index in [4.69, 9.17) is 11.6 Å². The lowest BCUT2D eigenvalue weighted by atomic mass is 10.00. The largest absolute Gasteiger partial charge is 0.417 e. The van der Waals surface area contributed by atoms with Gasteiger partial charge in [0.05, 0.1) is 11.1 Å². The maximum atomic E-state index is 14.7. The van der Waals surface area contributed by atoms with E-state index in [9.17, 15) is 22.8 Å². The van der Waals surface area contributed by atoms with Crippen molar-refractivity contribution in [2.75, 3.05) is 23.7 Å². The maximum Gasteiger partial charge on any atom is 0.417 e. The van der Waals surface area contributed by atoms with Crippen LogP contribution in [0.15, 0.2) is 52.3 Å². The van der Waals surface area contributed by atoms with Gasteiger partial charge in [-0.1, -0.05) is 13.5 Å².